The van der Waals surface area contributed by atoms with E-state index < -0.39 is 0 Å². The zero-order chi connectivity index (χ0) is 11.8. The van der Waals surface area contributed by atoms with Crippen molar-refractivity contribution in [1.29, 1.82) is 0 Å². The smallest absolute Gasteiger partial charge is 0.367 e. The molecule has 1 rings (SSSR count). The van der Waals surface area contributed by atoms with Gasteiger partial charge in [0, 0.05) is 5.38 Å². The molecule has 0 aliphatic rings. The van der Waals surface area contributed by atoms with Gasteiger partial charge in [0.1, 0.15) is 0 Å². The van der Waals surface area contributed by atoms with E-state index in [1.165, 1.54) is 11.3 Å². The van der Waals surface area contributed by atoms with Gasteiger partial charge in [0.25, 0.3) is 0 Å². The Hall–Kier alpha value is -0.900. The first kappa shape index (κ1) is 14.1. The minimum absolute atomic E-state index is 0.320. The number of nitrogens with zero attached hydrogens (tertiary/aromatic N) is 1. The summed E-state index contributed by atoms with van der Waals surface area (Å²) < 4.78 is 4.83. The molecule has 0 aliphatic carbocycles. The van der Waals surface area contributed by atoms with Crippen molar-refractivity contribution in [3.63, 3.8) is 0 Å². The number of rotatable bonds is 3. The lowest BCUT2D eigenvalue weighted by molar-refractivity contribution is 0.0525. The van der Waals surface area contributed by atoms with Crippen molar-refractivity contribution in [1.82, 2.24) is 4.98 Å². The van der Waals surface area contributed by atoms with Gasteiger partial charge < -0.3 is 4.74 Å². The van der Waals surface area contributed by atoms with Gasteiger partial charge in [-0.25, -0.2) is 9.78 Å². The van der Waals surface area contributed by atoms with E-state index in [0.29, 0.717) is 17.5 Å². The molecule has 0 radical (unpaired) electrons. The quantitative estimate of drug-likeness (QED) is 0.745. The molecule has 0 saturated heterocycles. The lowest BCUT2D eigenvalue weighted by Gasteiger charge is -1.97. The largest absolute Gasteiger partial charge is 0.461 e. The summed E-state index contributed by atoms with van der Waals surface area (Å²) in [7, 11) is 0. The van der Waals surface area contributed by atoms with Gasteiger partial charge in [-0.2, -0.15) is 0 Å². The fourth-order valence-electron chi connectivity index (χ4n) is 0.838. The van der Waals surface area contributed by atoms with Crippen molar-refractivity contribution in [2.75, 3.05) is 6.61 Å². The van der Waals surface area contributed by atoms with Crippen LogP contribution in [0.4, 0.5) is 0 Å². The van der Waals surface area contributed by atoms with Crippen molar-refractivity contribution >= 4 is 17.3 Å². The number of hydrogen-bond donors (Lipinski definition) is 0. The molecule has 4 heteroatoms. The zero-order valence-electron chi connectivity index (χ0n) is 10.0. The molecule has 15 heavy (non-hydrogen) atoms. The molecule has 3 nitrogen and oxygen atoms in total. The van der Waals surface area contributed by atoms with Gasteiger partial charge in [0.2, 0.25) is 5.01 Å². The number of aromatic nitrogens is 1. The number of ether oxygens (including phenoxy) is 1. The maximum Gasteiger partial charge on any atom is 0.367 e. The molecule has 0 aliphatic heterocycles. The van der Waals surface area contributed by atoms with E-state index in [0.717, 1.165) is 5.69 Å². The monoisotopic (exact) mass is 229 g/mol. The minimum atomic E-state index is -0.320. The fourth-order valence-corrected chi connectivity index (χ4v) is 1.71. The molecule has 0 amide bonds. The van der Waals surface area contributed by atoms with E-state index in [4.69, 9.17) is 4.74 Å². The van der Waals surface area contributed by atoms with Gasteiger partial charge in [-0.05, 0) is 12.8 Å². The summed E-state index contributed by atoms with van der Waals surface area (Å²) in [4.78, 5) is 15.4. The van der Waals surface area contributed by atoms with Gasteiger partial charge in [0.05, 0.1) is 12.3 Å². The van der Waals surface area contributed by atoms with Gasteiger partial charge in [0.15, 0.2) is 0 Å². The summed E-state index contributed by atoms with van der Waals surface area (Å²) in [5.41, 5.74) is 0.952. The highest BCUT2D eigenvalue weighted by Gasteiger charge is 2.12. The Kier molecular flexibility index (Phi) is 6.96. The number of carbonyl (C=O) groups is 1. The highest BCUT2D eigenvalue weighted by atomic mass is 32.1. The Morgan fingerprint density at radius 3 is 2.53 bits per heavy atom. The van der Waals surface area contributed by atoms with E-state index >= 15 is 0 Å². The summed E-state index contributed by atoms with van der Waals surface area (Å²) in [5.74, 6) is 0.0406. The van der Waals surface area contributed by atoms with Crippen molar-refractivity contribution in [3.05, 3.63) is 16.1 Å². The zero-order valence-corrected chi connectivity index (χ0v) is 10.9. The highest BCUT2D eigenvalue weighted by molar-refractivity contribution is 7.11. The SMILES string of the molecule is CC.CCOC(=O)c1nc(C(C)C)cs1. The van der Waals surface area contributed by atoms with Gasteiger partial charge >= 0.3 is 5.97 Å². The first-order chi connectivity index (χ1) is 7.15. The van der Waals surface area contributed by atoms with Crippen LogP contribution in [-0.4, -0.2) is 17.6 Å². The summed E-state index contributed by atoms with van der Waals surface area (Å²) >= 11 is 1.34. The molecule has 0 aromatic carbocycles. The average Bonchev–Trinajstić information content (AvgIpc) is 2.70. The summed E-state index contributed by atoms with van der Waals surface area (Å²) in [6.07, 6.45) is 0. The molecule has 1 aromatic heterocycles. The molecule has 0 unspecified atom stereocenters. The van der Waals surface area contributed by atoms with Gasteiger partial charge in [-0.15, -0.1) is 11.3 Å². The second kappa shape index (κ2) is 7.40. The standard InChI is InChI=1S/C9H13NO2S.C2H6/c1-4-12-9(11)8-10-7(5-13-8)6(2)3;1-2/h5-6H,4H2,1-3H3;1-2H3. The number of hydrogen-bond acceptors (Lipinski definition) is 4. The van der Waals surface area contributed by atoms with Crippen LogP contribution in [0.5, 0.6) is 0 Å². The lowest BCUT2D eigenvalue weighted by Crippen LogP contribution is -2.04. The first-order valence-electron chi connectivity index (χ1n) is 5.27. The predicted molar refractivity (Wildman–Crippen MR) is 63.5 cm³/mol. The summed E-state index contributed by atoms with van der Waals surface area (Å²) in [5, 5.41) is 2.35. The Morgan fingerprint density at radius 1 is 1.53 bits per heavy atom. The molecular weight excluding hydrogens is 210 g/mol. The van der Waals surface area contributed by atoms with E-state index in [9.17, 15) is 4.79 Å². The molecular formula is C11H19NO2S. The van der Waals surface area contributed by atoms with Crippen LogP contribution in [0.1, 0.15) is 56.0 Å². The lowest BCUT2D eigenvalue weighted by atomic mass is 10.2. The van der Waals surface area contributed by atoms with Crippen molar-refractivity contribution in [2.24, 2.45) is 0 Å². The molecule has 1 aromatic rings. The molecule has 0 atom stereocenters. The van der Waals surface area contributed by atoms with Crippen molar-refractivity contribution in [3.8, 4) is 0 Å². The molecule has 0 spiro atoms. The van der Waals surface area contributed by atoms with Crippen molar-refractivity contribution in [2.45, 2.75) is 40.5 Å². The second-order valence-electron chi connectivity index (χ2n) is 2.95. The van der Waals surface area contributed by atoms with Crippen LogP contribution in [0.25, 0.3) is 0 Å². The average molecular weight is 229 g/mol. The van der Waals surface area contributed by atoms with Crippen LogP contribution in [0.3, 0.4) is 0 Å². The molecule has 0 fully saturated rings. The Balaban J connectivity index is 0.000000921. The molecule has 86 valence electrons. The highest BCUT2D eigenvalue weighted by Crippen LogP contribution is 2.18. The molecule has 0 saturated carbocycles. The predicted octanol–water partition coefficient (Wildman–Crippen LogP) is 3.47. The Morgan fingerprint density at radius 2 is 2.13 bits per heavy atom. The van der Waals surface area contributed by atoms with Gasteiger partial charge in [-0.3, -0.25) is 0 Å². The molecule has 0 N–H and O–H groups in total. The van der Waals surface area contributed by atoms with Gasteiger partial charge in [-0.1, -0.05) is 27.7 Å². The second-order valence-corrected chi connectivity index (χ2v) is 3.81. The van der Waals surface area contributed by atoms with Crippen LogP contribution >= 0.6 is 11.3 Å². The molecule has 0 bridgehead atoms. The maximum atomic E-state index is 11.2. The third-order valence-electron chi connectivity index (χ3n) is 1.56. The Bertz CT molecular complexity index is 295. The number of esters is 1. The normalized spacial score (nSPS) is 9.47. The summed E-state index contributed by atoms with van der Waals surface area (Å²) in [6, 6.07) is 0. The Labute approximate surface area is 95.5 Å². The summed E-state index contributed by atoms with van der Waals surface area (Å²) in [6.45, 7) is 10.3. The maximum absolute atomic E-state index is 11.2. The fraction of sp³-hybridized carbons (Fsp3) is 0.636. The third kappa shape index (κ3) is 4.42. The minimum Gasteiger partial charge on any atom is -0.461 e. The first-order valence-corrected chi connectivity index (χ1v) is 6.15. The van der Waals surface area contributed by atoms with Crippen LogP contribution in [0.15, 0.2) is 5.38 Å². The van der Waals surface area contributed by atoms with Crippen LogP contribution in [0, 0.1) is 0 Å². The van der Waals surface area contributed by atoms with E-state index in [-0.39, 0.29) is 5.97 Å². The topological polar surface area (TPSA) is 39.2 Å². The van der Waals surface area contributed by atoms with E-state index in [2.05, 4.69) is 4.98 Å². The number of thiazole rings is 1. The van der Waals surface area contributed by atoms with E-state index in [1.807, 2.05) is 33.1 Å². The molecule has 1 heterocycles. The van der Waals surface area contributed by atoms with Crippen LogP contribution in [0.2, 0.25) is 0 Å². The third-order valence-corrected chi connectivity index (χ3v) is 2.40. The number of carbonyl (C=O) groups excluding carboxylic acids is 1. The van der Waals surface area contributed by atoms with Crippen LogP contribution in [-0.2, 0) is 4.74 Å². The van der Waals surface area contributed by atoms with Crippen LogP contribution < -0.4 is 0 Å². The van der Waals surface area contributed by atoms with E-state index in [1.54, 1.807) is 6.92 Å². The van der Waals surface area contributed by atoms with Crippen molar-refractivity contribution < 1.29 is 9.53 Å².